The molecule has 140 valence electrons. The Bertz CT molecular complexity index is 1050. The predicted molar refractivity (Wildman–Crippen MR) is 106 cm³/mol. The van der Waals surface area contributed by atoms with Crippen LogP contribution in [0.25, 0.3) is 16.9 Å². The summed E-state index contributed by atoms with van der Waals surface area (Å²) >= 11 is 0. The van der Waals surface area contributed by atoms with E-state index < -0.39 is 0 Å². The third kappa shape index (κ3) is 3.42. The summed E-state index contributed by atoms with van der Waals surface area (Å²) in [5.74, 6) is -0.109. The first-order valence-electron chi connectivity index (χ1n) is 8.96. The Balaban J connectivity index is 1.50. The van der Waals surface area contributed by atoms with Gasteiger partial charge in [0.2, 0.25) is 0 Å². The number of aromatic amines is 1. The van der Waals surface area contributed by atoms with E-state index in [0.29, 0.717) is 5.69 Å². The number of H-pyrrole nitrogens is 1. The molecule has 0 radical (unpaired) electrons. The molecule has 2 aromatic carbocycles. The van der Waals surface area contributed by atoms with Gasteiger partial charge in [-0.05, 0) is 30.7 Å². The molecule has 1 amide bonds. The van der Waals surface area contributed by atoms with Gasteiger partial charge in [-0.2, -0.15) is 10.2 Å². The zero-order chi connectivity index (χ0) is 19.5. The summed E-state index contributed by atoms with van der Waals surface area (Å²) < 4.78 is 1.69. The lowest BCUT2D eigenvalue weighted by atomic mass is 10.1. The SMILES string of the molecule is C[C@H](c1ccc(-n2cncn2)cc1)N(C)C(=O)c1cc(-c2ccccc2)n[nH]1. The Hall–Kier alpha value is -3.74. The average Bonchev–Trinajstić information content (AvgIpc) is 3.45. The van der Waals surface area contributed by atoms with Gasteiger partial charge >= 0.3 is 0 Å². The number of hydrogen-bond donors (Lipinski definition) is 1. The Morgan fingerprint density at radius 2 is 1.86 bits per heavy atom. The first-order chi connectivity index (χ1) is 13.6. The van der Waals surface area contributed by atoms with E-state index in [1.807, 2.05) is 61.5 Å². The van der Waals surface area contributed by atoms with Crippen LogP contribution in [-0.4, -0.2) is 42.8 Å². The second kappa shape index (κ2) is 7.48. The van der Waals surface area contributed by atoms with Gasteiger partial charge in [0, 0.05) is 12.6 Å². The van der Waals surface area contributed by atoms with Crippen LogP contribution in [0.5, 0.6) is 0 Å². The van der Waals surface area contributed by atoms with Crippen molar-refractivity contribution in [3.8, 4) is 16.9 Å². The first kappa shape index (κ1) is 17.7. The Morgan fingerprint density at radius 1 is 1.11 bits per heavy atom. The maximum absolute atomic E-state index is 12.9. The molecule has 0 aliphatic rings. The van der Waals surface area contributed by atoms with E-state index in [-0.39, 0.29) is 11.9 Å². The normalized spacial score (nSPS) is 11.9. The summed E-state index contributed by atoms with van der Waals surface area (Å²) in [7, 11) is 1.79. The number of benzene rings is 2. The molecule has 0 saturated carbocycles. The van der Waals surface area contributed by atoms with Crippen molar-refractivity contribution in [1.82, 2.24) is 29.9 Å². The molecule has 2 aromatic heterocycles. The van der Waals surface area contributed by atoms with Crippen LogP contribution in [0.4, 0.5) is 0 Å². The molecule has 4 rings (SSSR count). The predicted octanol–water partition coefficient (Wildman–Crippen LogP) is 3.49. The van der Waals surface area contributed by atoms with E-state index >= 15 is 0 Å². The smallest absolute Gasteiger partial charge is 0.272 e. The van der Waals surface area contributed by atoms with E-state index in [4.69, 9.17) is 0 Å². The highest BCUT2D eigenvalue weighted by molar-refractivity contribution is 5.93. The van der Waals surface area contributed by atoms with Crippen molar-refractivity contribution in [1.29, 1.82) is 0 Å². The molecule has 0 saturated heterocycles. The van der Waals surface area contributed by atoms with Gasteiger partial charge in [0.05, 0.1) is 17.4 Å². The monoisotopic (exact) mass is 372 g/mol. The molecule has 0 aliphatic heterocycles. The molecule has 1 N–H and O–H groups in total. The van der Waals surface area contributed by atoms with Gasteiger partial charge in [-0.15, -0.1) is 0 Å². The van der Waals surface area contributed by atoms with Crippen LogP contribution in [0.3, 0.4) is 0 Å². The van der Waals surface area contributed by atoms with Gasteiger partial charge < -0.3 is 4.90 Å². The van der Waals surface area contributed by atoms with Crippen LogP contribution in [0.2, 0.25) is 0 Å². The minimum atomic E-state index is -0.109. The van der Waals surface area contributed by atoms with Gasteiger partial charge in [-0.1, -0.05) is 42.5 Å². The fraction of sp³-hybridized carbons (Fsp3) is 0.143. The van der Waals surface area contributed by atoms with Crippen LogP contribution in [0, 0.1) is 0 Å². The second-order valence-corrected chi connectivity index (χ2v) is 6.56. The lowest BCUT2D eigenvalue weighted by Crippen LogP contribution is -2.30. The van der Waals surface area contributed by atoms with Crippen molar-refractivity contribution in [3.63, 3.8) is 0 Å². The van der Waals surface area contributed by atoms with Crippen LogP contribution in [0.15, 0.2) is 73.3 Å². The van der Waals surface area contributed by atoms with E-state index in [1.54, 1.807) is 29.0 Å². The summed E-state index contributed by atoms with van der Waals surface area (Å²) in [4.78, 5) is 18.5. The Labute approximate surface area is 162 Å². The number of nitrogens with one attached hydrogen (secondary N) is 1. The number of nitrogens with zero attached hydrogens (tertiary/aromatic N) is 5. The van der Waals surface area contributed by atoms with Crippen LogP contribution in [-0.2, 0) is 0 Å². The standard InChI is InChI=1S/C21H20N6O/c1-15(16-8-10-18(11-9-16)27-14-22-13-23-27)26(2)21(28)20-12-19(24-25-20)17-6-4-3-5-7-17/h3-15H,1-2H3,(H,24,25)/t15-/m1/s1. The number of hydrogen-bond acceptors (Lipinski definition) is 4. The summed E-state index contributed by atoms with van der Waals surface area (Å²) in [5, 5.41) is 11.3. The highest BCUT2D eigenvalue weighted by Gasteiger charge is 2.21. The number of amides is 1. The summed E-state index contributed by atoms with van der Waals surface area (Å²) in [5.41, 5.74) is 4.14. The lowest BCUT2D eigenvalue weighted by Gasteiger charge is -2.25. The summed E-state index contributed by atoms with van der Waals surface area (Å²) in [6.45, 7) is 2.00. The Morgan fingerprint density at radius 3 is 2.54 bits per heavy atom. The molecule has 0 unspecified atom stereocenters. The zero-order valence-electron chi connectivity index (χ0n) is 15.6. The fourth-order valence-electron chi connectivity index (χ4n) is 3.02. The number of carbonyl (C=O) groups excluding carboxylic acids is 1. The van der Waals surface area contributed by atoms with Crippen molar-refractivity contribution in [2.75, 3.05) is 7.05 Å². The van der Waals surface area contributed by atoms with Gasteiger partial charge in [0.25, 0.3) is 5.91 Å². The molecule has 4 aromatic rings. The van der Waals surface area contributed by atoms with Crippen molar-refractivity contribution in [2.24, 2.45) is 0 Å². The van der Waals surface area contributed by atoms with Gasteiger partial charge in [0.15, 0.2) is 0 Å². The molecule has 7 nitrogen and oxygen atoms in total. The van der Waals surface area contributed by atoms with Crippen LogP contribution in [0.1, 0.15) is 29.0 Å². The van der Waals surface area contributed by atoms with Crippen molar-refractivity contribution in [3.05, 3.63) is 84.6 Å². The minimum Gasteiger partial charge on any atom is -0.334 e. The van der Waals surface area contributed by atoms with E-state index in [2.05, 4.69) is 20.3 Å². The molecular formula is C21H20N6O. The van der Waals surface area contributed by atoms with Crippen LogP contribution < -0.4 is 0 Å². The molecular weight excluding hydrogens is 352 g/mol. The molecule has 0 fully saturated rings. The summed E-state index contributed by atoms with van der Waals surface area (Å²) in [6, 6.07) is 19.4. The molecule has 28 heavy (non-hydrogen) atoms. The molecule has 0 aliphatic carbocycles. The quantitative estimate of drug-likeness (QED) is 0.581. The maximum atomic E-state index is 12.9. The first-order valence-corrected chi connectivity index (χ1v) is 8.96. The molecule has 0 bridgehead atoms. The molecule has 0 spiro atoms. The van der Waals surface area contributed by atoms with Crippen molar-refractivity contribution < 1.29 is 4.79 Å². The number of rotatable bonds is 5. The summed E-state index contributed by atoms with van der Waals surface area (Å²) in [6.07, 6.45) is 3.15. The highest BCUT2D eigenvalue weighted by atomic mass is 16.2. The Kier molecular flexibility index (Phi) is 4.72. The third-order valence-electron chi connectivity index (χ3n) is 4.84. The van der Waals surface area contributed by atoms with Gasteiger partial charge in [-0.25, -0.2) is 9.67 Å². The van der Waals surface area contributed by atoms with Crippen molar-refractivity contribution >= 4 is 5.91 Å². The number of carbonyl (C=O) groups is 1. The van der Waals surface area contributed by atoms with Gasteiger partial charge in [-0.3, -0.25) is 9.89 Å². The number of aromatic nitrogens is 5. The van der Waals surface area contributed by atoms with E-state index in [1.165, 1.54) is 6.33 Å². The largest absolute Gasteiger partial charge is 0.334 e. The molecule has 1 atom stereocenters. The highest BCUT2D eigenvalue weighted by Crippen LogP contribution is 2.23. The second-order valence-electron chi connectivity index (χ2n) is 6.56. The zero-order valence-corrected chi connectivity index (χ0v) is 15.6. The van der Waals surface area contributed by atoms with Gasteiger partial charge in [0.1, 0.15) is 18.3 Å². The minimum absolute atomic E-state index is 0.0965. The average molecular weight is 372 g/mol. The fourth-order valence-corrected chi connectivity index (χ4v) is 3.02. The third-order valence-corrected chi connectivity index (χ3v) is 4.84. The van der Waals surface area contributed by atoms with Crippen molar-refractivity contribution in [2.45, 2.75) is 13.0 Å². The van der Waals surface area contributed by atoms with Crippen LogP contribution >= 0.6 is 0 Å². The topological polar surface area (TPSA) is 79.7 Å². The van der Waals surface area contributed by atoms with E-state index in [9.17, 15) is 4.79 Å². The maximum Gasteiger partial charge on any atom is 0.272 e. The lowest BCUT2D eigenvalue weighted by molar-refractivity contribution is 0.0736. The molecule has 7 heteroatoms. The van der Waals surface area contributed by atoms with E-state index in [0.717, 1.165) is 22.5 Å². The molecule has 2 heterocycles.